The molecule has 3 rings (SSSR count). The third kappa shape index (κ3) is 2.16. The summed E-state index contributed by atoms with van der Waals surface area (Å²) in [6.45, 7) is 0. The number of para-hydroxylation sites is 1. The largest absolute Gasteiger partial charge is 0.331 e. The van der Waals surface area contributed by atoms with Gasteiger partial charge >= 0.3 is 0 Å². The molecule has 102 valence electrons. The number of hydrogen-bond donors (Lipinski definition) is 0. The van der Waals surface area contributed by atoms with Crippen LogP contribution in [-0.2, 0) is 10.0 Å². The Labute approximate surface area is 114 Å². The molecule has 1 aliphatic heterocycles. The van der Waals surface area contributed by atoms with E-state index in [0.717, 1.165) is 24.4 Å². The maximum absolute atomic E-state index is 12.3. The maximum atomic E-state index is 12.3. The Morgan fingerprint density at radius 3 is 2.58 bits per heavy atom. The fourth-order valence-corrected chi connectivity index (χ4v) is 4.35. The van der Waals surface area contributed by atoms with Gasteiger partial charge < -0.3 is 4.90 Å². The fourth-order valence-electron chi connectivity index (χ4n) is 3.02. The van der Waals surface area contributed by atoms with E-state index in [-0.39, 0.29) is 5.92 Å². The van der Waals surface area contributed by atoms with Crippen LogP contribution in [0.1, 0.15) is 32.1 Å². The van der Waals surface area contributed by atoms with Gasteiger partial charge in [0.05, 0.1) is 5.69 Å². The van der Waals surface area contributed by atoms with Crippen LogP contribution < -0.4 is 4.90 Å². The molecule has 0 saturated heterocycles. The van der Waals surface area contributed by atoms with Gasteiger partial charge in [-0.25, -0.2) is 0 Å². The van der Waals surface area contributed by atoms with Crippen molar-refractivity contribution in [2.45, 2.75) is 37.0 Å². The number of fused-ring (bicyclic) bond motifs is 1. The van der Waals surface area contributed by atoms with Gasteiger partial charge in [-0.05, 0) is 25.0 Å². The van der Waals surface area contributed by atoms with Crippen molar-refractivity contribution in [3.05, 3.63) is 24.3 Å². The molecule has 19 heavy (non-hydrogen) atoms. The highest BCUT2D eigenvalue weighted by molar-refractivity contribution is 7.90. The summed E-state index contributed by atoms with van der Waals surface area (Å²) >= 11 is 0. The van der Waals surface area contributed by atoms with Gasteiger partial charge in [-0.1, -0.05) is 31.4 Å². The highest BCUT2D eigenvalue weighted by atomic mass is 32.2. The van der Waals surface area contributed by atoms with Gasteiger partial charge in [0.25, 0.3) is 10.0 Å². The summed E-state index contributed by atoms with van der Waals surface area (Å²) in [6.07, 6.45) is 5.66. The molecule has 5 heteroatoms. The smallest absolute Gasteiger partial charge is 0.286 e. The zero-order chi connectivity index (χ0) is 13.5. The second kappa shape index (κ2) is 4.63. The Morgan fingerprint density at radius 1 is 1.16 bits per heavy atom. The fraction of sp³-hybridized carbons (Fsp3) is 0.500. The Balaban J connectivity index is 2.06. The number of benzene rings is 1. The van der Waals surface area contributed by atoms with Crippen molar-refractivity contribution in [1.29, 1.82) is 0 Å². The Kier molecular flexibility index (Phi) is 3.09. The van der Waals surface area contributed by atoms with Crippen LogP contribution in [0.4, 0.5) is 5.69 Å². The number of amidine groups is 1. The van der Waals surface area contributed by atoms with Crippen molar-refractivity contribution in [1.82, 2.24) is 0 Å². The average Bonchev–Trinajstić information content (AvgIpc) is 2.44. The van der Waals surface area contributed by atoms with E-state index in [4.69, 9.17) is 0 Å². The van der Waals surface area contributed by atoms with Gasteiger partial charge in [0.2, 0.25) is 0 Å². The predicted molar refractivity (Wildman–Crippen MR) is 76.0 cm³/mol. The molecule has 0 bridgehead atoms. The van der Waals surface area contributed by atoms with Crippen molar-refractivity contribution in [2.24, 2.45) is 10.3 Å². The molecule has 2 aliphatic rings. The third-order valence-corrected chi connectivity index (χ3v) is 5.36. The summed E-state index contributed by atoms with van der Waals surface area (Å²) < 4.78 is 28.6. The van der Waals surface area contributed by atoms with E-state index < -0.39 is 10.0 Å². The zero-order valence-electron chi connectivity index (χ0n) is 11.0. The normalized spacial score (nSPS) is 22.8. The lowest BCUT2D eigenvalue weighted by Crippen LogP contribution is -2.38. The SMILES string of the molecule is CN1C(C2CCCCC2)=NS(=O)(=O)c2ccccc21. The molecule has 1 heterocycles. The van der Waals surface area contributed by atoms with Crippen LogP contribution in [0.15, 0.2) is 33.6 Å². The van der Waals surface area contributed by atoms with Crippen LogP contribution >= 0.6 is 0 Å². The van der Waals surface area contributed by atoms with Crippen molar-refractivity contribution in [3.63, 3.8) is 0 Å². The van der Waals surface area contributed by atoms with Crippen LogP contribution in [0.2, 0.25) is 0 Å². The number of anilines is 1. The first-order chi connectivity index (χ1) is 9.09. The summed E-state index contributed by atoms with van der Waals surface area (Å²) in [6, 6.07) is 7.09. The molecule has 0 unspecified atom stereocenters. The molecule has 1 fully saturated rings. The predicted octanol–water partition coefficient (Wildman–Crippen LogP) is 2.80. The van der Waals surface area contributed by atoms with Gasteiger partial charge in [-0.2, -0.15) is 8.42 Å². The first-order valence-electron chi connectivity index (χ1n) is 6.77. The number of nitrogens with zero attached hydrogens (tertiary/aromatic N) is 2. The Morgan fingerprint density at radius 2 is 1.84 bits per heavy atom. The molecule has 4 nitrogen and oxygen atoms in total. The van der Waals surface area contributed by atoms with Gasteiger partial charge in [-0.3, -0.25) is 0 Å². The molecule has 1 aromatic carbocycles. The van der Waals surface area contributed by atoms with Gasteiger partial charge in [0.1, 0.15) is 10.7 Å². The Hall–Kier alpha value is -1.36. The van der Waals surface area contributed by atoms with Crippen LogP contribution in [0.5, 0.6) is 0 Å². The van der Waals surface area contributed by atoms with Gasteiger partial charge in [-0.15, -0.1) is 4.40 Å². The van der Waals surface area contributed by atoms with E-state index in [2.05, 4.69) is 4.40 Å². The molecule has 1 aliphatic carbocycles. The van der Waals surface area contributed by atoms with E-state index in [1.54, 1.807) is 12.1 Å². The molecule has 0 amide bonds. The molecule has 1 aromatic rings. The summed E-state index contributed by atoms with van der Waals surface area (Å²) in [5.74, 6) is 1.00. The summed E-state index contributed by atoms with van der Waals surface area (Å²) in [4.78, 5) is 2.27. The minimum absolute atomic E-state index is 0.280. The van der Waals surface area contributed by atoms with Crippen molar-refractivity contribution >= 4 is 21.5 Å². The first kappa shape index (κ1) is 12.7. The number of sulfonamides is 1. The van der Waals surface area contributed by atoms with E-state index in [1.165, 1.54) is 19.3 Å². The lowest BCUT2D eigenvalue weighted by Gasteiger charge is -2.33. The van der Waals surface area contributed by atoms with E-state index in [0.29, 0.717) is 4.90 Å². The third-order valence-electron chi connectivity index (χ3n) is 4.03. The Bertz CT molecular complexity index is 616. The highest BCUT2D eigenvalue weighted by Crippen LogP contribution is 2.35. The molecule has 1 saturated carbocycles. The molecule has 0 N–H and O–H groups in total. The molecule has 0 aromatic heterocycles. The quantitative estimate of drug-likeness (QED) is 0.793. The van der Waals surface area contributed by atoms with E-state index >= 15 is 0 Å². The van der Waals surface area contributed by atoms with E-state index in [9.17, 15) is 8.42 Å². The molecule has 0 radical (unpaired) electrons. The summed E-state index contributed by atoms with van der Waals surface area (Å²) in [5.41, 5.74) is 0.748. The zero-order valence-corrected chi connectivity index (χ0v) is 11.9. The van der Waals surface area contributed by atoms with Crippen molar-refractivity contribution < 1.29 is 8.42 Å². The van der Waals surface area contributed by atoms with Crippen LogP contribution in [0, 0.1) is 5.92 Å². The molecule has 0 atom stereocenters. The maximum Gasteiger partial charge on any atom is 0.286 e. The van der Waals surface area contributed by atoms with Crippen LogP contribution in [-0.4, -0.2) is 21.3 Å². The second-order valence-electron chi connectivity index (χ2n) is 5.29. The molecule has 0 spiro atoms. The monoisotopic (exact) mass is 278 g/mol. The van der Waals surface area contributed by atoms with Crippen molar-refractivity contribution in [2.75, 3.05) is 11.9 Å². The van der Waals surface area contributed by atoms with Crippen molar-refractivity contribution in [3.8, 4) is 0 Å². The number of rotatable bonds is 1. The minimum Gasteiger partial charge on any atom is -0.331 e. The van der Waals surface area contributed by atoms with Gasteiger partial charge in [0.15, 0.2) is 0 Å². The average molecular weight is 278 g/mol. The van der Waals surface area contributed by atoms with E-state index in [1.807, 2.05) is 24.1 Å². The summed E-state index contributed by atoms with van der Waals surface area (Å²) in [7, 11) is -1.61. The second-order valence-corrected chi connectivity index (χ2v) is 6.86. The number of hydrogen-bond acceptors (Lipinski definition) is 3. The standard InChI is InChI=1S/C14H18N2O2S/c1-16-12-9-5-6-10-13(12)19(17,18)15-14(16)11-7-3-2-4-8-11/h5-6,9-11H,2-4,7-8H2,1H3. The minimum atomic E-state index is -3.53. The van der Waals surface area contributed by atoms with Crippen LogP contribution in [0.3, 0.4) is 0 Å². The first-order valence-corrected chi connectivity index (χ1v) is 8.21. The lowest BCUT2D eigenvalue weighted by atomic mass is 9.88. The highest BCUT2D eigenvalue weighted by Gasteiger charge is 2.32. The van der Waals surface area contributed by atoms with Crippen LogP contribution in [0.25, 0.3) is 0 Å². The molecular weight excluding hydrogens is 260 g/mol. The molecular formula is C14H18N2O2S. The lowest BCUT2D eigenvalue weighted by molar-refractivity contribution is 0.436. The summed E-state index contributed by atoms with van der Waals surface area (Å²) in [5, 5.41) is 0. The van der Waals surface area contributed by atoms with Gasteiger partial charge in [0, 0.05) is 13.0 Å². The topological polar surface area (TPSA) is 49.7 Å².